The summed E-state index contributed by atoms with van der Waals surface area (Å²) in [6.45, 7) is 0. The van der Waals surface area contributed by atoms with E-state index in [4.69, 9.17) is 16.8 Å². The molecule has 0 unspecified atom stereocenters. The van der Waals surface area contributed by atoms with Crippen LogP contribution in [0.15, 0.2) is 29.6 Å². The van der Waals surface area contributed by atoms with Gasteiger partial charge in [-0.05, 0) is 18.9 Å². The number of nitrogens with zero attached hydrogens (tertiary/aromatic N) is 2. The highest BCUT2D eigenvalue weighted by Gasteiger charge is 2.24. The molecule has 0 radical (unpaired) electrons. The summed E-state index contributed by atoms with van der Waals surface area (Å²) in [5.41, 5.74) is 3.95. The predicted octanol–water partition coefficient (Wildman–Crippen LogP) is 3.49. The van der Waals surface area contributed by atoms with Crippen molar-refractivity contribution >= 4 is 39.0 Å². The number of benzene rings is 1. The van der Waals surface area contributed by atoms with Crippen LogP contribution in [0.25, 0.3) is 21.7 Å². The number of H-pyrrole nitrogens is 1. The van der Waals surface area contributed by atoms with Crippen LogP contribution in [-0.2, 0) is 6.42 Å². The van der Waals surface area contributed by atoms with E-state index in [1.54, 1.807) is 6.20 Å². The lowest BCUT2D eigenvalue weighted by Crippen LogP contribution is -1.93. The Labute approximate surface area is 113 Å². The molecule has 94 valence electrons. The van der Waals surface area contributed by atoms with E-state index in [2.05, 4.69) is 15.1 Å². The van der Waals surface area contributed by atoms with Crippen molar-refractivity contribution in [2.75, 3.05) is 0 Å². The van der Waals surface area contributed by atoms with Gasteiger partial charge in [-0.2, -0.15) is 0 Å². The molecule has 0 saturated heterocycles. The summed E-state index contributed by atoms with van der Waals surface area (Å²) in [5, 5.41) is 16.1. The standard InChI is InChI=1S/C14H10ClN3O/c15-12-5-9-7(6-16-12)1-2-8-13-10(17-14(8)9)3-4-11(13)18-19/h1-2,5-6,17,19H,3-4H2. The molecule has 0 saturated carbocycles. The number of nitrogens with one attached hydrogen (secondary N) is 1. The van der Waals surface area contributed by atoms with Gasteiger partial charge >= 0.3 is 0 Å². The molecule has 2 heterocycles. The summed E-state index contributed by atoms with van der Waals surface area (Å²) in [4.78, 5) is 7.53. The molecule has 5 heteroatoms. The number of pyridine rings is 1. The van der Waals surface area contributed by atoms with Crippen LogP contribution in [0.2, 0.25) is 5.15 Å². The van der Waals surface area contributed by atoms with Crippen LogP contribution >= 0.6 is 11.6 Å². The van der Waals surface area contributed by atoms with E-state index in [9.17, 15) is 0 Å². The van der Waals surface area contributed by atoms with Crippen LogP contribution in [0, 0.1) is 0 Å². The van der Waals surface area contributed by atoms with Gasteiger partial charge in [0.25, 0.3) is 0 Å². The number of aromatic amines is 1. The van der Waals surface area contributed by atoms with Crippen molar-refractivity contribution in [3.63, 3.8) is 0 Å². The van der Waals surface area contributed by atoms with Crippen LogP contribution in [-0.4, -0.2) is 20.9 Å². The third-order valence-electron chi connectivity index (χ3n) is 3.74. The first kappa shape index (κ1) is 10.8. The number of halogens is 1. The van der Waals surface area contributed by atoms with E-state index in [1.165, 1.54) is 0 Å². The second kappa shape index (κ2) is 3.71. The first-order valence-electron chi connectivity index (χ1n) is 6.08. The lowest BCUT2D eigenvalue weighted by Gasteiger charge is -2.01. The molecule has 3 aromatic rings. The SMILES string of the molecule is ON=C1CCc2[nH]c3c(ccc4cnc(Cl)cc43)c21. The lowest BCUT2D eigenvalue weighted by molar-refractivity contribution is 0.318. The third-order valence-corrected chi connectivity index (χ3v) is 3.94. The van der Waals surface area contributed by atoms with Gasteiger partial charge in [0.2, 0.25) is 0 Å². The molecular formula is C14H10ClN3O. The summed E-state index contributed by atoms with van der Waals surface area (Å²) in [6, 6.07) is 5.92. The van der Waals surface area contributed by atoms with Gasteiger partial charge in [0.1, 0.15) is 5.15 Å². The Morgan fingerprint density at radius 1 is 1.26 bits per heavy atom. The molecule has 0 bridgehead atoms. The molecule has 4 nitrogen and oxygen atoms in total. The number of aryl methyl sites for hydroxylation is 1. The zero-order valence-electron chi connectivity index (χ0n) is 9.94. The third kappa shape index (κ3) is 1.40. The molecule has 0 fully saturated rings. The number of rotatable bonds is 0. The molecule has 0 atom stereocenters. The molecule has 1 aromatic carbocycles. The van der Waals surface area contributed by atoms with Gasteiger partial charge in [-0.1, -0.05) is 28.9 Å². The van der Waals surface area contributed by atoms with Crippen LogP contribution in [0.3, 0.4) is 0 Å². The Hall–Kier alpha value is -2.07. The van der Waals surface area contributed by atoms with Crippen LogP contribution in [0.5, 0.6) is 0 Å². The van der Waals surface area contributed by atoms with Gasteiger partial charge in [0.05, 0.1) is 11.2 Å². The molecule has 0 aliphatic heterocycles. The first-order chi connectivity index (χ1) is 9.28. The van der Waals surface area contributed by atoms with E-state index in [0.717, 1.165) is 51.5 Å². The average Bonchev–Trinajstić information content (AvgIpc) is 2.97. The van der Waals surface area contributed by atoms with E-state index < -0.39 is 0 Å². The van der Waals surface area contributed by atoms with Gasteiger partial charge in [0.15, 0.2) is 0 Å². The number of hydrogen-bond donors (Lipinski definition) is 2. The zero-order chi connectivity index (χ0) is 13.0. The van der Waals surface area contributed by atoms with Crippen molar-refractivity contribution in [2.24, 2.45) is 5.16 Å². The maximum atomic E-state index is 9.09. The van der Waals surface area contributed by atoms with Gasteiger partial charge in [-0.25, -0.2) is 4.98 Å². The fraction of sp³-hybridized carbons (Fsp3) is 0.143. The molecular weight excluding hydrogens is 262 g/mol. The number of aromatic nitrogens is 2. The molecule has 0 spiro atoms. The molecule has 4 rings (SSSR count). The summed E-state index contributed by atoms with van der Waals surface area (Å²) >= 11 is 5.98. The smallest absolute Gasteiger partial charge is 0.129 e. The number of hydrogen-bond acceptors (Lipinski definition) is 3. The Morgan fingerprint density at radius 2 is 2.16 bits per heavy atom. The summed E-state index contributed by atoms with van der Waals surface area (Å²) in [5.74, 6) is 0. The van der Waals surface area contributed by atoms with E-state index >= 15 is 0 Å². The van der Waals surface area contributed by atoms with Crippen molar-refractivity contribution in [2.45, 2.75) is 12.8 Å². The van der Waals surface area contributed by atoms with E-state index in [0.29, 0.717) is 5.15 Å². The minimum absolute atomic E-state index is 0.478. The maximum absolute atomic E-state index is 9.09. The molecule has 0 amide bonds. The molecule has 2 N–H and O–H groups in total. The van der Waals surface area contributed by atoms with Gasteiger partial charge in [-0.15, -0.1) is 0 Å². The summed E-state index contributed by atoms with van der Waals surface area (Å²) < 4.78 is 0. The maximum Gasteiger partial charge on any atom is 0.129 e. The van der Waals surface area contributed by atoms with E-state index in [1.807, 2.05) is 18.2 Å². The zero-order valence-corrected chi connectivity index (χ0v) is 10.7. The Morgan fingerprint density at radius 3 is 3.00 bits per heavy atom. The molecule has 19 heavy (non-hydrogen) atoms. The van der Waals surface area contributed by atoms with Gasteiger partial charge in [-0.3, -0.25) is 0 Å². The fourth-order valence-corrected chi connectivity index (χ4v) is 3.05. The van der Waals surface area contributed by atoms with E-state index in [-0.39, 0.29) is 0 Å². The molecule has 1 aliphatic carbocycles. The number of oxime groups is 1. The van der Waals surface area contributed by atoms with Crippen molar-refractivity contribution in [1.82, 2.24) is 9.97 Å². The highest BCUT2D eigenvalue weighted by atomic mass is 35.5. The summed E-state index contributed by atoms with van der Waals surface area (Å²) in [7, 11) is 0. The molecule has 2 aromatic heterocycles. The quantitative estimate of drug-likeness (QED) is 0.373. The summed E-state index contributed by atoms with van der Waals surface area (Å²) in [6.07, 6.45) is 3.43. The second-order valence-electron chi connectivity index (χ2n) is 4.74. The van der Waals surface area contributed by atoms with Crippen LogP contribution in [0.1, 0.15) is 17.7 Å². The van der Waals surface area contributed by atoms with Crippen LogP contribution < -0.4 is 0 Å². The highest BCUT2D eigenvalue weighted by Crippen LogP contribution is 2.34. The van der Waals surface area contributed by atoms with Gasteiger partial charge < -0.3 is 10.2 Å². The second-order valence-corrected chi connectivity index (χ2v) is 5.13. The average molecular weight is 272 g/mol. The monoisotopic (exact) mass is 271 g/mol. The van der Waals surface area contributed by atoms with Crippen molar-refractivity contribution in [3.05, 3.63) is 40.8 Å². The minimum atomic E-state index is 0.478. The minimum Gasteiger partial charge on any atom is -0.411 e. The Balaban J connectivity index is 2.17. The van der Waals surface area contributed by atoms with Crippen molar-refractivity contribution in [3.8, 4) is 0 Å². The highest BCUT2D eigenvalue weighted by molar-refractivity contribution is 6.30. The van der Waals surface area contributed by atoms with Crippen molar-refractivity contribution < 1.29 is 5.21 Å². The normalized spacial score (nSPS) is 16.6. The van der Waals surface area contributed by atoms with Gasteiger partial charge in [0, 0.05) is 33.6 Å². The first-order valence-corrected chi connectivity index (χ1v) is 6.46. The topological polar surface area (TPSA) is 61.3 Å². The number of fused-ring (bicyclic) bond motifs is 5. The molecule has 1 aliphatic rings. The largest absolute Gasteiger partial charge is 0.411 e. The van der Waals surface area contributed by atoms with Crippen LogP contribution in [0.4, 0.5) is 0 Å². The Kier molecular flexibility index (Phi) is 2.11. The van der Waals surface area contributed by atoms with Crippen molar-refractivity contribution in [1.29, 1.82) is 0 Å². The fourth-order valence-electron chi connectivity index (χ4n) is 2.90. The Bertz CT molecular complexity index is 851. The lowest BCUT2D eigenvalue weighted by atomic mass is 10.1. The predicted molar refractivity (Wildman–Crippen MR) is 75.3 cm³/mol.